The summed E-state index contributed by atoms with van der Waals surface area (Å²) in [5.74, 6) is 4.81. The number of amides is 1. The van der Waals surface area contributed by atoms with Gasteiger partial charge in [-0.2, -0.15) is 0 Å². The number of ether oxygens (including phenoxy) is 1. The minimum absolute atomic E-state index is 0.188. The van der Waals surface area contributed by atoms with Crippen molar-refractivity contribution >= 4 is 13.7 Å². The number of hydrogen-bond donors (Lipinski definition) is 3. The van der Waals surface area contributed by atoms with Crippen molar-refractivity contribution in [2.24, 2.45) is 46.3 Å². The molecule has 0 spiro atoms. The molecular formula is C29H50NO5P. The molecule has 0 aliphatic heterocycles. The van der Waals surface area contributed by atoms with Gasteiger partial charge in [0.2, 0.25) is 0 Å². The van der Waals surface area contributed by atoms with Gasteiger partial charge in [-0.25, -0.2) is 4.79 Å². The van der Waals surface area contributed by atoms with E-state index < -0.39 is 20.0 Å². The lowest BCUT2D eigenvalue weighted by atomic mass is 9.47. The smallest absolute Gasteiger partial charge is 0.407 e. The Balaban J connectivity index is 1.39. The molecule has 0 aromatic heterocycles. The molecule has 1 amide bonds. The molecule has 36 heavy (non-hydrogen) atoms. The molecule has 8 atom stereocenters. The zero-order chi connectivity index (χ0) is 26.3. The molecule has 0 aromatic carbocycles. The maximum Gasteiger partial charge on any atom is 0.407 e. The first-order valence-electron chi connectivity index (χ1n) is 14.5. The van der Waals surface area contributed by atoms with Crippen molar-refractivity contribution in [3.8, 4) is 0 Å². The average Bonchev–Trinajstić information content (AvgIpc) is 3.14. The maximum atomic E-state index is 12.1. The zero-order valence-corrected chi connectivity index (χ0v) is 24.1. The van der Waals surface area contributed by atoms with E-state index in [1.807, 2.05) is 0 Å². The van der Waals surface area contributed by atoms with Crippen LogP contribution in [0.1, 0.15) is 105 Å². The fourth-order valence-electron chi connectivity index (χ4n) is 9.11. The van der Waals surface area contributed by atoms with E-state index in [-0.39, 0.29) is 11.5 Å². The van der Waals surface area contributed by atoms with E-state index in [1.165, 1.54) is 50.5 Å². The van der Waals surface area contributed by atoms with Crippen LogP contribution < -0.4 is 5.32 Å². The molecule has 0 heterocycles. The second-order valence-corrected chi connectivity index (χ2v) is 15.2. The fraction of sp³-hybridized carbons (Fsp3) is 0.897. The number of rotatable bonds is 8. The van der Waals surface area contributed by atoms with Gasteiger partial charge in [-0.1, -0.05) is 65.5 Å². The van der Waals surface area contributed by atoms with Crippen LogP contribution in [0.4, 0.5) is 4.79 Å². The van der Waals surface area contributed by atoms with E-state index in [4.69, 9.17) is 14.5 Å². The van der Waals surface area contributed by atoms with Crippen molar-refractivity contribution < 1.29 is 23.9 Å². The minimum Gasteiger partial charge on any atom is -0.446 e. The summed E-state index contributed by atoms with van der Waals surface area (Å²) >= 11 is 0. The highest BCUT2D eigenvalue weighted by Crippen LogP contribution is 2.67. The molecule has 0 aromatic rings. The molecule has 3 fully saturated rings. The average molecular weight is 524 g/mol. The molecule has 0 bridgehead atoms. The minimum atomic E-state index is -4.28. The van der Waals surface area contributed by atoms with Crippen LogP contribution in [0.3, 0.4) is 0 Å². The normalized spacial score (nSPS) is 39.0. The van der Waals surface area contributed by atoms with E-state index in [0.717, 1.165) is 61.2 Å². The molecule has 6 nitrogen and oxygen atoms in total. The van der Waals surface area contributed by atoms with E-state index in [1.54, 1.807) is 0 Å². The van der Waals surface area contributed by atoms with Crippen molar-refractivity contribution in [2.45, 2.75) is 111 Å². The molecule has 2 unspecified atom stereocenters. The summed E-state index contributed by atoms with van der Waals surface area (Å²) in [7, 11) is -4.28. The second-order valence-electron chi connectivity index (χ2n) is 13.6. The number of hydrogen-bond acceptors (Lipinski definition) is 3. The summed E-state index contributed by atoms with van der Waals surface area (Å²) in [5.41, 5.74) is 2.12. The summed E-state index contributed by atoms with van der Waals surface area (Å²) in [6.07, 6.45) is 14.2. The third-order valence-electron chi connectivity index (χ3n) is 11.0. The highest BCUT2D eigenvalue weighted by Gasteiger charge is 2.59. The Hall–Kier alpha value is -0.840. The first-order chi connectivity index (χ1) is 16.8. The van der Waals surface area contributed by atoms with Crippen LogP contribution >= 0.6 is 7.60 Å². The van der Waals surface area contributed by atoms with Crippen LogP contribution in [-0.4, -0.2) is 28.3 Å². The van der Waals surface area contributed by atoms with Gasteiger partial charge in [0.05, 0.1) is 0 Å². The van der Waals surface area contributed by atoms with Crippen LogP contribution in [0, 0.1) is 46.3 Å². The van der Waals surface area contributed by atoms with Crippen LogP contribution in [0.2, 0.25) is 0 Å². The molecule has 7 heteroatoms. The first kappa shape index (κ1) is 28.2. The monoisotopic (exact) mass is 523 g/mol. The fourth-order valence-corrected chi connectivity index (χ4v) is 9.45. The highest BCUT2D eigenvalue weighted by atomic mass is 31.2. The predicted octanol–water partition coefficient (Wildman–Crippen LogP) is 7.26. The number of carbonyl (C=O) groups is 1. The third-order valence-corrected chi connectivity index (χ3v) is 11.5. The molecule has 0 saturated heterocycles. The Bertz CT molecular complexity index is 883. The van der Waals surface area contributed by atoms with Crippen molar-refractivity contribution in [3.63, 3.8) is 0 Å². The first-order valence-corrected chi connectivity index (χ1v) is 16.3. The highest BCUT2D eigenvalue weighted by molar-refractivity contribution is 7.51. The van der Waals surface area contributed by atoms with E-state index >= 15 is 0 Å². The number of allylic oxidation sites excluding steroid dienone is 1. The Morgan fingerprint density at radius 1 is 1.11 bits per heavy atom. The molecule has 3 saturated carbocycles. The van der Waals surface area contributed by atoms with Gasteiger partial charge in [0.25, 0.3) is 0 Å². The Morgan fingerprint density at radius 2 is 1.86 bits per heavy atom. The van der Waals surface area contributed by atoms with Gasteiger partial charge in [0.15, 0.2) is 0 Å². The summed E-state index contributed by atoms with van der Waals surface area (Å²) < 4.78 is 16.6. The lowest BCUT2D eigenvalue weighted by Crippen LogP contribution is -2.51. The van der Waals surface area contributed by atoms with Crippen molar-refractivity contribution in [2.75, 3.05) is 6.29 Å². The zero-order valence-electron chi connectivity index (χ0n) is 23.2. The van der Waals surface area contributed by atoms with Gasteiger partial charge in [-0.05, 0) is 91.3 Å². The lowest BCUT2D eigenvalue weighted by molar-refractivity contribution is -0.0581. The van der Waals surface area contributed by atoms with Gasteiger partial charge in [-0.15, -0.1) is 0 Å². The van der Waals surface area contributed by atoms with Crippen LogP contribution in [-0.2, 0) is 9.30 Å². The molecule has 3 N–H and O–H groups in total. The predicted molar refractivity (Wildman–Crippen MR) is 143 cm³/mol. The molecular weight excluding hydrogens is 473 g/mol. The molecule has 4 aliphatic carbocycles. The van der Waals surface area contributed by atoms with Crippen LogP contribution in [0.15, 0.2) is 11.6 Å². The van der Waals surface area contributed by atoms with E-state index in [2.05, 4.69) is 46.0 Å². The summed E-state index contributed by atoms with van der Waals surface area (Å²) in [4.78, 5) is 30.1. The van der Waals surface area contributed by atoms with Crippen molar-refractivity contribution in [3.05, 3.63) is 11.6 Å². The third kappa shape index (κ3) is 5.76. The van der Waals surface area contributed by atoms with E-state index in [0.29, 0.717) is 5.41 Å². The standard InChI is InChI=1S/C29H50NO5P/c1-19(2)7-6-8-20(3)24-11-12-25-23-10-9-21-17-22(35-27(31)30-18-36(32,33)34)13-15-28(21,4)26(23)14-16-29(24,25)5/h9,19-20,22-26H,6-8,10-18H2,1-5H3,(H,30,31)(H2,32,33,34)/t20-,22+,23+,24?,25+,26?,28+,29-/m1/s1. The van der Waals surface area contributed by atoms with Gasteiger partial charge in [-0.3, -0.25) is 4.57 Å². The summed E-state index contributed by atoms with van der Waals surface area (Å²) in [6, 6.07) is 0. The summed E-state index contributed by atoms with van der Waals surface area (Å²) in [6.45, 7) is 12.3. The Morgan fingerprint density at radius 3 is 2.56 bits per heavy atom. The largest absolute Gasteiger partial charge is 0.446 e. The van der Waals surface area contributed by atoms with Crippen LogP contribution in [0.25, 0.3) is 0 Å². The van der Waals surface area contributed by atoms with E-state index in [9.17, 15) is 9.36 Å². The SMILES string of the molecule is CC(C)CCC[C@@H](C)C1CC[C@H]2[C@@H]3CC=C4C[C@@H](OC(=O)NCP(=O)(O)O)CC[C@]4(C)C3CC[C@]12C. The Labute approximate surface area is 218 Å². The molecule has 4 aliphatic rings. The topological polar surface area (TPSA) is 95.9 Å². The lowest BCUT2D eigenvalue weighted by Gasteiger charge is -2.58. The molecule has 206 valence electrons. The van der Waals surface area contributed by atoms with Gasteiger partial charge in [0, 0.05) is 6.42 Å². The van der Waals surface area contributed by atoms with Gasteiger partial charge >= 0.3 is 13.7 Å². The number of nitrogens with one attached hydrogen (secondary N) is 1. The Kier molecular flexibility index (Phi) is 8.40. The second kappa shape index (κ2) is 10.7. The number of alkyl carbamates (subject to hydrolysis) is 1. The van der Waals surface area contributed by atoms with Crippen molar-refractivity contribution in [1.82, 2.24) is 5.32 Å². The molecule has 0 radical (unpaired) electrons. The molecule has 4 rings (SSSR count). The summed E-state index contributed by atoms with van der Waals surface area (Å²) in [5, 5.41) is 2.21. The van der Waals surface area contributed by atoms with Gasteiger partial charge in [0.1, 0.15) is 12.4 Å². The van der Waals surface area contributed by atoms with Gasteiger partial charge < -0.3 is 19.8 Å². The number of fused-ring (bicyclic) bond motifs is 5. The van der Waals surface area contributed by atoms with Crippen molar-refractivity contribution in [1.29, 1.82) is 0 Å². The maximum absolute atomic E-state index is 12.1. The quantitative estimate of drug-likeness (QED) is 0.230. The van der Waals surface area contributed by atoms with Crippen LogP contribution in [0.5, 0.6) is 0 Å². The number of carbonyl (C=O) groups excluding carboxylic acids is 1.